The molecule has 2 aromatic heterocycles. The summed E-state index contributed by atoms with van der Waals surface area (Å²) in [5.41, 5.74) is 4.85. The van der Waals surface area contributed by atoms with Gasteiger partial charge >= 0.3 is 6.18 Å². The average Bonchev–Trinajstić information content (AvgIpc) is 2.45. The summed E-state index contributed by atoms with van der Waals surface area (Å²) in [4.78, 5) is 9.99. The van der Waals surface area contributed by atoms with Crippen LogP contribution in [-0.2, 0) is 6.18 Å². The van der Waals surface area contributed by atoms with Crippen molar-refractivity contribution in [1.82, 2.24) is 15.3 Å². The number of pyridine rings is 2. The Morgan fingerprint density at radius 2 is 1.86 bits per heavy atom. The van der Waals surface area contributed by atoms with Crippen molar-refractivity contribution in [2.45, 2.75) is 6.18 Å². The summed E-state index contributed by atoms with van der Waals surface area (Å²) in [6.45, 7) is 2.65. The molecule has 0 bridgehead atoms. The highest BCUT2D eigenvalue weighted by atomic mass is 19.4. The molecule has 0 saturated carbocycles. The maximum atomic E-state index is 13.2. The Morgan fingerprint density at radius 3 is 2.52 bits per heavy atom. The van der Waals surface area contributed by atoms with Gasteiger partial charge in [0, 0.05) is 31.6 Å². The first-order valence-electron chi connectivity index (χ1n) is 6.55. The van der Waals surface area contributed by atoms with E-state index in [-0.39, 0.29) is 22.7 Å². The van der Waals surface area contributed by atoms with Crippen molar-refractivity contribution in [3.63, 3.8) is 0 Å². The Kier molecular flexibility index (Phi) is 3.32. The van der Waals surface area contributed by atoms with E-state index in [1.54, 1.807) is 0 Å². The molecule has 3 N–H and O–H groups in total. The molecular weight excluding hydrogens is 283 g/mol. The zero-order valence-electron chi connectivity index (χ0n) is 11.1. The molecule has 5 nitrogen and oxygen atoms in total. The van der Waals surface area contributed by atoms with Gasteiger partial charge in [-0.2, -0.15) is 13.2 Å². The zero-order chi connectivity index (χ0) is 15.0. The molecule has 1 aliphatic heterocycles. The highest BCUT2D eigenvalue weighted by molar-refractivity contribution is 5.83. The van der Waals surface area contributed by atoms with Crippen molar-refractivity contribution in [3.05, 3.63) is 23.8 Å². The summed E-state index contributed by atoms with van der Waals surface area (Å²) in [6.07, 6.45) is -4.46. The van der Waals surface area contributed by atoms with Gasteiger partial charge in [-0.05, 0) is 18.2 Å². The average molecular weight is 297 g/mol. The first-order valence-corrected chi connectivity index (χ1v) is 6.55. The van der Waals surface area contributed by atoms with E-state index >= 15 is 0 Å². The molecule has 1 fully saturated rings. The van der Waals surface area contributed by atoms with E-state index in [0.29, 0.717) is 26.2 Å². The third-order valence-corrected chi connectivity index (χ3v) is 3.43. The van der Waals surface area contributed by atoms with E-state index < -0.39 is 11.7 Å². The van der Waals surface area contributed by atoms with Crippen LogP contribution in [0.25, 0.3) is 11.0 Å². The highest BCUT2D eigenvalue weighted by Crippen LogP contribution is 2.36. The third kappa shape index (κ3) is 2.71. The Balaban J connectivity index is 2.17. The normalized spacial score (nSPS) is 16.4. The minimum absolute atomic E-state index is 0.0263. The number of piperazine rings is 1. The molecule has 112 valence electrons. The van der Waals surface area contributed by atoms with Gasteiger partial charge in [0.25, 0.3) is 0 Å². The van der Waals surface area contributed by atoms with Gasteiger partial charge in [-0.3, -0.25) is 0 Å². The lowest BCUT2D eigenvalue weighted by atomic mass is 10.1. The molecule has 1 aliphatic rings. The monoisotopic (exact) mass is 297 g/mol. The SMILES string of the molecule is Nc1ccc2c(C(F)(F)F)cc(N3CCNCC3)nc2n1. The summed E-state index contributed by atoms with van der Waals surface area (Å²) in [5, 5.41) is 3.12. The molecule has 1 saturated heterocycles. The van der Waals surface area contributed by atoms with Gasteiger partial charge in [-0.25, -0.2) is 9.97 Å². The van der Waals surface area contributed by atoms with Gasteiger partial charge < -0.3 is 16.0 Å². The van der Waals surface area contributed by atoms with Gasteiger partial charge in [-0.1, -0.05) is 0 Å². The molecule has 21 heavy (non-hydrogen) atoms. The maximum Gasteiger partial charge on any atom is 0.417 e. The van der Waals surface area contributed by atoms with Crippen LogP contribution >= 0.6 is 0 Å². The molecule has 0 unspecified atom stereocenters. The van der Waals surface area contributed by atoms with Crippen LogP contribution in [0.15, 0.2) is 18.2 Å². The minimum atomic E-state index is -4.46. The minimum Gasteiger partial charge on any atom is -0.384 e. The molecule has 8 heteroatoms. The summed E-state index contributed by atoms with van der Waals surface area (Å²) in [7, 11) is 0. The van der Waals surface area contributed by atoms with Gasteiger partial charge in [0.2, 0.25) is 0 Å². The second-order valence-electron chi connectivity index (χ2n) is 4.87. The van der Waals surface area contributed by atoms with Gasteiger partial charge in [0.1, 0.15) is 11.6 Å². The predicted octanol–water partition coefficient (Wildman–Crippen LogP) is 1.64. The van der Waals surface area contributed by atoms with Crippen molar-refractivity contribution >= 4 is 22.7 Å². The molecule has 0 atom stereocenters. The lowest BCUT2D eigenvalue weighted by molar-refractivity contribution is -0.136. The van der Waals surface area contributed by atoms with Gasteiger partial charge in [0.05, 0.1) is 5.56 Å². The number of rotatable bonds is 1. The number of aromatic nitrogens is 2. The zero-order valence-corrected chi connectivity index (χ0v) is 11.1. The highest BCUT2D eigenvalue weighted by Gasteiger charge is 2.34. The molecule has 2 aromatic rings. The van der Waals surface area contributed by atoms with Crippen molar-refractivity contribution in [1.29, 1.82) is 0 Å². The Hall–Kier alpha value is -2.09. The van der Waals surface area contributed by atoms with Crippen molar-refractivity contribution < 1.29 is 13.2 Å². The van der Waals surface area contributed by atoms with E-state index in [1.807, 2.05) is 4.90 Å². The quantitative estimate of drug-likeness (QED) is 0.837. The van der Waals surface area contributed by atoms with E-state index in [4.69, 9.17) is 5.73 Å². The molecule has 3 rings (SSSR count). The number of nitrogens with one attached hydrogen (secondary N) is 1. The standard InChI is InChI=1S/C13H14F3N5/c14-13(15,16)9-7-11(21-5-3-18-4-6-21)20-12-8(9)1-2-10(17)19-12/h1-2,7,18H,3-6H2,(H2,17,19,20). The van der Waals surface area contributed by atoms with Crippen LogP contribution in [0.1, 0.15) is 5.56 Å². The first-order chi connectivity index (χ1) is 9.95. The van der Waals surface area contributed by atoms with Crippen LogP contribution in [0.3, 0.4) is 0 Å². The predicted molar refractivity (Wildman–Crippen MR) is 74.0 cm³/mol. The van der Waals surface area contributed by atoms with E-state index in [9.17, 15) is 13.2 Å². The lowest BCUT2D eigenvalue weighted by Gasteiger charge is -2.29. The van der Waals surface area contributed by atoms with E-state index in [1.165, 1.54) is 12.1 Å². The van der Waals surface area contributed by atoms with E-state index in [0.717, 1.165) is 6.07 Å². The van der Waals surface area contributed by atoms with Gasteiger partial charge in [-0.15, -0.1) is 0 Å². The molecule has 0 aliphatic carbocycles. The maximum absolute atomic E-state index is 13.2. The second-order valence-corrected chi connectivity index (χ2v) is 4.87. The number of hydrogen-bond acceptors (Lipinski definition) is 5. The topological polar surface area (TPSA) is 67.1 Å². The number of nitrogens with two attached hydrogens (primary N) is 1. The van der Waals surface area contributed by atoms with Crippen LogP contribution in [0.5, 0.6) is 0 Å². The number of hydrogen-bond donors (Lipinski definition) is 2. The van der Waals surface area contributed by atoms with Crippen molar-refractivity contribution in [3.8, 4) is 0 Å². The van der Waals surface area contributed by atoms with Crippen molar-refractivity contribution in [2.24, 2.45) is 0 Å². The number of alkyl halides is 3. The number of fused-ring (bicyclic) bond motifs is 1. The molecular formula is C13H14F3N5. The Bertz CT molecular complexity index is 665. The Morgan fingerprint density at radius 1 is 1.14 bits per heavy atom. The Labute approximate surface area is 119 Å². The smallest absolute Gasteiger partial charge is 0.384 e. The molecule has 0 radical (unpaired) electrons. The van der Waals surface area contributed by atoms with Crippen LogP contribution in [0, 0.1) is 0 Å². The van der Waals surface area contributed by atoms with Crippen LogP contribution in [0.4, 0.5) is 24.8 Å². The molecule has 3 heterocycles. The number of anilines is 2. The number of halogens is 3. The van der Waals surface area contributed by atoms with E-state index in [2.05, 4.69) is 15.3 Å². The fourth-order valence-corrected chi connectivity index (χ4v) is 2.40. The van der Waals surface area contributed by atoms with Crippen molar-refractivity contribution in [2.75, 3.05) is 36.8 Å². The summed E-state index contributed by atoms with van der Waals surface area (Å²) in [6, 6.07) is 3.75. The third-order valence-electron chi connectivity index (χ3n) is 3.43. The lowest BCUT2D eigenvalue weighted by Crippen LogP contribution is -2.44. The van der Waals surface area contributed by atoms with Crippen LogP contribution < -0.4 is 16.0 Å². The summed E-state index contributed by atoms with van der Waals surface area (Å²) in [5.74, 6) is 0.440. The van der Waals surface area contributed by atoms with Crippen LogP contribution in [-0.4, -0.2) is 36.1 Å². The molecule has 0 spiro atoms. The summed E-state index contributed by atoms with van der Waals surface area (Å²) >= 11 is 0. The molecule has 0 amide bonds. The fourth-order valence-electron chi connectivity index (χ4n) is 2.40. The molecule has 0 aromatic carbocycles. The van der Waals surface area contributed by atoms with Crippen LogP contribution in [0.2, 0.25) is 0 Å². The fraction of sp³-hybridized carbons (Fsp3) is 0.385. The summed E-state index contributed by atoms with van der Waals surface area (Å²) < 4.78 is 39.7. The first kappa shape index (κ1) is 13.9. The number of nitrogen functional groups attached to an aromatic ring is 1. The second kappa shape index (κ2) is 5.03. The van der Waals surface area contributed by atoms with Gasteiger partial charge in [0.15, 0.2) is 5.65 Å². The number of nitrogens with zero attached hydrogens (tertiary/aromatic N) is 3. The largest absolute Gasteiger partial charge is 0.417 e.